The van der Waals surface area contributed by atoms with Gasteiger partial charge in [0.1, 0.15) is 10.8 Å². The molecule has 2 aliphatic rings. The maximum absolute atomic E-state index is 6.15. The Bertz CT molecular complexity index is 626. The van der Waals surface area contributed by atoms with E-state index >= 15 is 0 Å². The van der Waals surface area contributed by atoms with Gasteiger partial charge in [-0.2, -0.15) is 4.37 Å². The summed E-state index contributed by atoms with van der Waals surface area (Å²) in [6, 6.07) is 0. The molecule has 6 heteroatoms. The van der Waals surface area contributed by atoms with E-state index in [1.54, 1.807) is 22.9 Å². The van der Waals surface area contributed by atoms with Crippen LogP contribution in [0.1, 0.15) is 30.7 Å². The average Bonchev–Trinajstić information content (AvgIpc) is 3.36. The van der Waals surface area contributed by atoms with Crippen molar-refractivity contribution in [3.63, 3.8) is 0 Å². The molecule has 0 aliphatic heterocycles. The Morgan fingerprint density at radius 2 is 1.90 bits per heavy atom. The zero-order chi connectivity index (χ0) is 14.4. The highest BCUT2D eigenvalue weighted by molar-refractivity contribution is 7.11. The predicted molar refractivity (Wildman–Crippen MR) is 90.0 cm³/mol. The van der Waals surface area contributed by atoms with E-state index < -0.39 is 0 Å². The van der Waals surface area contributed by atoms with Gasteiger partial charge in [0.05, 0.1) is 16.3 Å². The summed E-state index contributed by atoms with van der Waals surface area (Å²) >= 11 is 3.22. The third-order valence-electron chi connectivity index (χ3n) is 4.21. The molecule has 4 nitrogen and oxygen atoms in total. The van der Waals surface area contributed by atoms with Crippen LogP contribution in [0.5, 0.6) is 0 Å². The molecule has 21 heavy (non-hydrogen) atoms. The van der Waals surface area contributed by atoms with Crippen molar-refractivity contribution in [2.45, 2.75) is 32.6 Å². The minimum Gasteiger partial charge on any atom is -0.382 e. The van der Waals surface area contributed by atoms with E-state index in [1.165, 1.54) is 30.7 Å². The van der Waals surface area contributed by atoms with Gasteiger partial charge in [-0.25, -0.2) is 4.98 Å². The van der Waals surface area contributed by atoms with Crippen LogP contribution in [0.4, 0.5) is 10.8 Å². The molecule has 2 aliphatic carbocycles. The molecule has 4 rings (SSSR count). The van der Waals surface area contributed by atoms with E-state index in [0.29, 0.717) is 5.82 Å². The quantitative estimate of drug-likeness (QED) is 0.880. The van der Waals surface area contributed by atoms with Crippen LogP contribution in [0.3, 0.4) is 0 Å². The van der Waals surface area contributed by atoms with Crippen LogP contribution in [-0.2, 0) is 0 Å². The van der Waals surface area contributed by atoms with Gasteiger partial charge >= 0.3 is 0 Å². The third-order valence-corrected chi connectivity index (χ3v) is 5.91. The number of nitrogen functional groups attached to an aromatic ring is 1. The highest BCUT2D eigenvalue weighted by atomic mass is 32.1. The van der Waals surface area contributed by atoms with Crippen LogP contribution in [-0.4, -0.2) is 22.4 Å². The molecule has 0 radical (unpaired) electrons. The van der Waals surface area contributed by atoms with Crippen molar-refractivity contribution < 1.29 is 0 Å². The van der Waals surface area contributed by atoms with Crippen LogP contribution in [0, 0.1) is 18.8 Å². The van der Waals surface area contributed by atoms with Gasteiger partial charge in [0.15, 0.2) is 0 Å². The Morgan fingerprint density at radius 1 is 1.24 bits per heavy atom. The molecule has 2 aromatic heterocycles. The van der Waals surface area contributed by atoms with Gasteiger partial charge in [0.2, 0.25) is 0 Å². The number of hydrogen-bond donors (Lipinski definition) is 1. The fourth-order valence-corrected chi connectivity index (χ4v) is 4.14. The Kier molecular flexibility index (Phi) is 3.38. The molecule has 0 aromatic carbocycles. The summed E-state index contributed by atoms with van der Waals surface area (Å²) in [5.41, 5.74) is 8.21. The van der Waals surface area contributed by atoms with Gasteiger partial charge in [-0.3, -0.25) is 0 Å². The first-order valence-corrected chi connectivity index (χ1v) is 9.28. The molecule has 0 unspecified atom stereocenters. The molecule has 0 spiro atoms. The lowest BCUT2D eigenvalue weighted by Gasteiger charge is -2.23. The van der Waals surface area contributed by atoms with Gasteiger partial charge in [-0.1, -0.05) is 0 Å². The van der Waals surface area contributed by atoms with E-state index in [4.69, 9.17) is 5.73 Å². The summed E-state index contributed by atoms with van der Waals surface area (Å²) in [4.78, 5) is 7.16. The summed E-state index contributed by atoms with van der Waals surface area (Å²) in [5.74, 6) is 2.38. The molecule has 0 atom stereocenters. The predicted octanol–water partition coefficient (Wildman–Crippen LogP) is 3.78. The molecule has 2 aromatic rings. The summed E-state index contributed by atoms with van der Waals surface area (Å²) < 4.78 is 4.42. The maximum atomic E-state index is 6.15. The summed E-state index contributed by atoms with van der Waals surface area (Å²) in [6.07, 6.45) is 5.50. The molecule has 2 N–H and O–H groups in total. The second-order valence-corrected chi connectivity index (χ2v) is 8.11. The standard InChI is InChI=1S/C15H20N4S2/c1-9-17-12(8-20-9)13-14(16)18-21-15(13)19(6-10-2-3-10)7-11-4-5-11/h8,10-11H,2-7H2,1H3,(H2,16,18). The minimum absolute atomic E-state index is 0.636. The van der Waals surface area contributed by atoms with Crippen molar-refractivity contribution in [1.29, 1.82) is 0 Å². The van der Waals surface area contributed by atoms with Crippen molar-refractivity contribution in [2.75, 3.05) is 23.7 Å². The number of nitrogens with two attached hydrogens (primary N) is 1. The fraction of sp³-hybridized carbons (Fsp3) is 0.600. The molecule has 2 fully saturated rings. The number of hydrogen-bond acceptors (Lipinski definition) is 6. The molecule has 0 amide bonds. The Balaban J connectivity index is 1.67. The zero-order valence-corrected chi connectivity index (χ0v) is 13.8. The summed E-state index contributed by atoms with van der Waals surface area (Å²) in [7, 11) is 0. The molecule has 0 bridgehead atoms. The van der Waals surface area contributed by atoms with Gasteiger partial charge < -0.3 is 10.6 Å². The monoisotopic (exact) mass is 320 g/mol. The van der Waals surface area contributed by atoms with Crippen LogP contribution in [0.15, 0.2) is 5.38 Å². The van der Waals surface area contributed by atoms with E-state index in [0.717, 1.165) is 41.2 Å². The lowest BCUT2D eigenvalue weighted by atomic mass is 10.2. The second-order valence-electron chi connectivity index (χ2n) is 6.29. The van der Waals surface area contributed by atoms with Gasteiger partial charge in [0.25, 0.3) is 0 Å². The Hall–Kier alpha value is -1.14. The highest BCUT2D eigenvalue weighted by Gasteiger charge is 2.32. The number of aromatic nitrogens is 2. The van der Waals surface area contributed by atoms with E-state index in [2.05, 4.69) is 19.6 Å². The SMILES string of the molecule is Cc1nc(-c2c(N)nsc2N(CC2CC2)CC2CC2)cs1. The Labute approximate surface area is 133 Å². The van der Waals surface area contributed by atoms with E-state index in [1.807, 2.05) is 6.92 Å². The molecule has 0 saturated heterocycles. The van der Waals surface area contributed by atoms with Crippen LogP contribution in [0.2, 0.25) is 0 Å². The zero-order valence-electron chi connectivity index (χ0n) is 12.2. The first-order valence-electron chi connectivity index (χ1n) is 7.63. The number of nitrogens with zero attached hydrogens (tertiary/aromatic N) is 3. The second kappa shape index (κ2) is 5.25. The van der Waals surface area contributed by atoms with Crippen LogP contribution >= 0.6 is 22.9 Å². The first kappa shape index (κ1) is 13.5. The molecular formula is C15H20N4S2. The molecule has 112 valence electrons. The molecule has 2 saturated carbocycles. The average molecular weight is 320 g/mol. The molecular weight excluding hydrogens is 300 g/mol. The largest absolute Gasteiger partial charge is 0.382 e. The van der Waals surface area contributed by atoms with Crippen molar-refractivity contribution in [2.24, 2.45) is 11.8 Å². The summed E-state index contributed by atoms with van der Waals surface area (Å²) in [5, 5.41) is 4.42. The minimum atomic E-state index is 0.636. The first-order chi connectivity index (χ1) is 10.2. The Morgan fingerprint density at radius 3 is 2.43 bits per heavy atom. The van der Waals surface area contributed by atoms with Crippen molar-refractivity contribution >= 4 is 33.7 Å². The van der Waals surface area contributed by atoms with Gasteiger partial charge in [-0.05, 0) is 56.0 Å². The number of rotatable bonds is 6. The van der Waals surface area contributed by atoms with Gasteiger partial charge in [0, 0.05) is 18.5 Å². The number of anilines is 2. The van der Waals surface area contributed by atoms with E-state index in [9.17, 15) is 0 Å². The van der Waals surface area contributed by atoms with E-state index in [-0.39, 0.29) is 0 Å². The smallest absolute Gasteiger partial charge is 0.148 e. The van der Waals surface area contributed by atoms with Crippen LogP contribution < -0.4 is 10.6 Å². The molecule has 2 heterocycles. The normalized spacial score (nSPS) is 18.1. The van der Waals surface area contributed by atoms with Gasteiger partial charge in [-0.15, -0.1) is 11.3 Å². The fourth-order valence-electron chi connectivity index (χ4n) is 2.69. The maximum Gasteiger partial charge on any atom is 0.148 e. The highest BCUT2D eigenvalue weighted by Crippen LogP contribution is 2.43. The lowest BCUT2D eigenvalue weighted by Crippen LogP contribution is -2.27. The number of aryl methyl sites for hydroxylation is 1. The topological polar surface area (TPSA) is 55.0 Å². The summed E-state index contributed by atoms with van der Waals surface area (Å²) in [6.45, 7) is 4.36. The lowest BCUT2D eigenvalue weighted by molar-refractivity contribution is 0.684. The van der Waals surface area contributed by atoms with Crippen LogP contribution in [0.25, 0.3) is 11.3 Å². The third kappa shape index (κ3) is 2.92. The van der Waals surface area contributed by atoms with Crippen molar-refractivity contribution in [3.05, 3.63) is 10.4 Å². The number of thiazole rings is 1. The van der Waals surface area contributed by atoms with Crippen molar-refractivity contribution in [1.82, 2.24) is 9.36 Å². The van der Waals surface area contributed by atoms with Crippen molar-refractivity contribution in [3.8, 4) is 11.3 Å².